The molecule has 0 bridgehead atoms. The lowest BCUT2D eigenvalue weighted by molar-refractivity contribution is -0.129. The number of anilines is 1. The second kappa shape index (κ2) is 6.36. The van der Waals surface area contributed by atoms with E-state index in [4.69, 9.17) is 0 Å². The van der Waals surface area contributed by atoms with Crippen LogP contribution >= 0.6 is 0 Å². The molecular formula is C14H20N4O2. The fourth-order valence-electron chi connectivity index (χ4n) is 2.15. The number of likely N-dealkylation sites (N-methyl/N-ethyl adjacent to an activating group) is 1. The lowest BCUT2D eigenvalue weighted by Crippen LogP contribution is -2.38. The van der Waals surface area contributed by atoms with Gasteiger partial charge in [0.25, 0.3) is 5.91 Å². The third-order valence-electron chi connectivity index (χ3n) is 3.32. The number of hydrogen-bond acceptors (Lipinski definition) is 4. The summed E-state index contributed by atoms with van der Waals surface area (Å²) < 4.78 is 0. The van der Waals surface area contributed by atoms with Crippen molar-refractivity contribution in [3.05, 3.63) is 24.0 Å². The fourth-order valence-corrected chi connectivity index (χ4v) is 2.15. The highest BCUT2D eigenvalue weighted by molar-refractivity contribution is 5.95. The molecule has 0 aliphatic carbocycles. The van der Waals surface area contributed by atoms with Crippen LogP contribution in [-0.4, -0.2) is 59.8 Å². The molecule has 2 rings (SSSR count). The first kappa shape index (κ1) is 14.3. The van der Waals surface area contributed by atoms with Crippen molar-refractivity contribution in [2.24, 2.45) is 0 Å². The zero-order valence-corrected chi connectivity index (χ0v) is 11.9. The van der Waals surface area contributed by atoms with E-state index >= 15 is 0 Å². The molecule has 1 N–H and O–H groups in total. The number of pyridine rings is 1. The molecule has 0 unspecified atom stereocenters. The monoisotopic (exact) mass is 276 g/mol. The molecule has 2 amide bonds. The van der Waals surface area contributed by atoms with Crippen molar-refractivity contribution in [1.82, 2.24) is 14.8 Å². The largest absolute Gasteiger partial charge is 0.384 e. The van der Waals surface area contributed by atoms with Gasteiger partial charge < -0.3 is 15.1 Å². The van der Waals surface area contributed by atoms with Crippen LogP contribution in [0.15, 0.2) is 18.3 Å². The van der Waals surface area contributed by atoms with Crippen molar-refractivity contribution in [3.63, 3.8) is 0 Å². The maximum absolute atomic E-state index is 12.3. The summed E-state index contributed by atoms with van der Waals surface area (Å²) in [5.41, 5.74) is 1.26. The van der Waals surface area contributed by atoms with Crippen molar-refractivity contribution in [2.45, 2.75) is 13.3 Å². The van der Waals surface area contributed by atoms with Crippen molar-refractivity contribution < 1.29 is 9.59 Å². The van der Waals surface area contributed by atoms with E-state index in [1.165, 1.54) is 0 Å². The molecule has 0 spiro atoms. The van der Waals surface area contributed by atoms with Crippen LogP contribution in [0.1, 0.15) is 23.8 Å². The van der Waals surface area contributed by atoms with Crippen LogP contribution in [0.4, 0.5) is 5.69 Å². The van der Waals surface area contributed by atoms with Gasteiger partial charge in [-0.1, -0.05) is 0 Å². The Hall–Kier alpha value is -2.11. The number of carbonyl (C=O) groups is 2. The van der Waals surface area contributed by atoms with Crippen molar-refractivity contribution >= 4 is 17.5 Å². The number of carbonyl (C=O) groups excluding carboxylic acids is 2. The first-order valence-corrected chi connectivity index (χ1v) is 6.85. The van der Waals surface area contributed by atoms with Gasteiger partial charge in [-0.2, -0.15) is 0 Å². The van der Waals surface area contributed by atoms with Crippen molar-refractivity contribution in [1.29, 1.82) is 0 Å². The average molecular weight is 276 g/mol. The topological polar surface area (TPSA) is 65.5 Å². The van der Waals surface area contributed by atoms with Crippen molar-refractivity contribution in [2.75, 3.05) is 38.5 Å². The molecule has 108 valence electrons. The SMILES string of the molecule is CCNc1ccc(C(=O)N2CCCN(C)C(=O)C2)nc1. The Kier molecular flexibility index (Phi) is 4.55. The summed E-state index contributed by atoms with van der Waals surface area (Å²) >= 11 is 0. The molecule has 0 atom stereocenters. The van der Waals surface area contributed by atoms with E-state index in [9.17, 15) is 9.59 Å². The lowest BCUT2D eigenvalue weighted by Gasteiger charge is -2.19. The molecule has 1 aromatic heterocycles. The van der Waals surface area contributed by atoms with E-state index in [2.05, 4.69) is 10.3 Å². The molecular weight excluding hydrogens is 256 g/mol. The molecule has 0 radical (unpaired) electrons. The van der Waals surface area contributed by atoms with Gasteiger partial charge in [0.2, 0.25) is 5.91 Å². The first-order valence-electron chi connectivity index (χ1n) is 6.85. The number of nitrogens with zero attached hydrogens (tertiary/aromatic N) is 3. The molecule has 6 nitrogen and oxygen atoms in total. The van der Waals surface area contributed by atoms with Gasteiger partial charge in [-0.3, -0.25) is 9.59 Å². The summed E-state index contributed by atoms with van der Waals surface area (Å²) in [5.74, 6) is -0.211. The Morgan fingerprint density at radius 2 is 2.20 bits per heavy atom. The zero-order chi connectivity index (χ0) is 14.5. The average Bonchev–Trinajstić information content (AvgIpc) is 2.62. The minimum absolute atomic E-state index is 0.0277. The quantitative estimate of drug-likeness (QED) is 0.887. The Bertz CT molecular complexity index is 486. The van der Waals surface area contributed by atoms with Gasteiger partial charge in [-0.15, -0.1) is 0 Å². The number of rotatable bonds is 3. The molecule has 1 aliphatic heterocycles. The van der Waals surface area contributed by atoms with Crippen LogP contribution in [0.25, 0.3) is 0 Å². The minimum Gasteiger partial charge on any atom is -0.384 e. The highest BCUT2D eigenvalue weighted by Gasteiger charge is 2.24. The first-order chi connectivity index (χ1) is 9.61. The third kappa shape index (κ3) is 3.26. The van der Waals surface area contributed by atoms with Crippen LogP contribution in [-0.2, 0) is 4.79 Å². The summed E-state index contributed by atoms with van der Waals surface area (Å²) in [6.45, 7) is 4.22. The molecule has 1 aromatic rings. The molecule has 0 aromatic carbocycles. The molecule has 1 aliphatic rings. The van der Waals surface area contributed by atoms with Crippen LogP contribution in [0.2, 0.25) is 0 Å². The molecule has 1 saturated heterocycles. The Morgan fingerprint density at radius 3 is 2.85 bits per heavy atom. The highest BCUT2D eigenvalue weighted by atomic mass is 16.2. The van der Waals surface area contributed by atoms with E-state index in [1.807, 2.05) is 13.0 Å². The molecule has 20 heavy (non-hydrogen) atoms. The normalized spacial score (nSPS) is 16.0. The Labute approximate surface area is 118 Å². The smallest absolute Gasteiger partial charge is 0.272 e. The second-order valence-corrected chi connectivity index (χ2v) is 4.86. The predicted octanol–water partition coefficient (Wildman–Crippen LogP) is 0.818. The van der Waals surface area contributed by atoms with Gasteiger partial charge in [0.15, 0.2) is 0 Å². The molecule has 1 fully saturated rings. The zero-order valence-electron chi connectivity index (χ0n) is 11.9. The maximum Gasteiger partial charge on any atom is 0.272 e. The molecule has 0 saturated carbocycles. The van der Waals surface area contributed by atoms with Gasteiger partial charge in [0.05, 0.1) is 11.9 Å². The predicted molar refractivity (Wildman–Crippen MR) is 76.6 cm³/mol. The Balaban J connectivity index is 2.08. The van der Waals surface area contributed by atoms with Gasteiger partial charge in [0, 0.05) is 26.7 Å². The number of aromatic nitrogens is 1. The minimum atomic E-state index is -0.184. The number of nitrogens with one attached hydrogen (secondary N) is 1. The van der Waals surface area contributed by atoms with E-state index in [-0.39, 0.29) is 18.4 Å². The van der Waals surface area contributed by atoms with Gasteiger partial charge in [-0.25, -0.2) is 4.98 Å². The van der Waals surface area contributed by atoms with E-state index in [0.29, 0.717) is 18.8 Å². The highest BCUT2D eigenvalue weighted by Crippen LogP contribution is 2.10. The lowest BCUT2D eigenvalue weighted by atomic mass is 10.3. The Morgan fingerprint density at radius 1 is 1.40 bits per heavy atom. The van der Waals surface area contributed by atoms with E-state index in [1.54, 1.807) is 29.1 Å². The maximum atomic E-state index is 12.3. The standard InChI is InChI=1S/C14H20N4O2/c1-3-15-11-5-6-12(16-9-11)14(20)18-8-4-7-17(2)13(19)10-18/h5-6,9,15H,3-4,7-8,10H2,1-2H3. The molecule has 6 heteroatoms. The van der Waals surface area contributed by atoms with Crippen LogP contribution in [0, 0.1) is 0 Å². The van der Waals surface area contributed by atoms with E-state index < -0.39 is 0 Å². The van der Waals surface area contributed by atoms with E-state index in [0.717, 1.165) is 18.7 Å². The van der Waals surface area contributed by atoms with Gasteiger partial charge >= 0.3 is 0 Å². The second-order valence-electron chi connectivity index (χ2n) is 4.86. The molecule has 2 heterocycles. The fraction of sp³-hybridized carbons (Fsp3) is 0.500. The number of amides is 2. The van der Waals surface area contributed by atoms with Crippen LogP contribution in [0.5, 0.6) is 0 Å². The summed E-state index contributed by atoms with van der Waals surface area (Å²) in [7, 11) is 1.76. The summed E-state index contributed by atoms with van der Waals surface area (Å²) in [6.07, 6.45) is 2.44. The van der Waals surface area contributed by atoms with Crippen LogP contribution < -0.4 is 5.32 Å². The summed E-state index contributed by atoms with van der Waals surface area (Å²) in [6, 6.07) is 3.52. The number of hydrogen-bond donors (Lipinski definition) is 1. The van der Waals surface area contributed by atoms with Crippen molar-refractivity contribution in [3.8, 4) is 0 Å². The van der Waals surface area contributed by atoms with Gasteiger partial charge in [0.1, 0.15) is 12.2 Å². The third-order valence-corrected chi connectivity index (χ3v) is 3.32. The summed E-state index contributed by atoms with van der Waals surface area (Å²) in [5, 5.41) is 3.13. The van der Waals surface area contributed by atoms with Crippen LogP contribution in [0.3, 0.4) is 0 Å². The van der Waals surface area contributed by atoms with Gasteiger partial charge in [-0.05, 0) is 25.5 Å². The summed E-state index contributed by atoms with van der Waals surface area (Å²) in [4.78, 5) is 31.5.